The molecule has 3 aromatic rings. The topological polar surface area (TPSA) is 230 Å². The number of methoxy groups -OCH3 is 1. The number of ether oxygens (including phenoxy) is 3. The van der Waals surface area contributed by atoms with Crippen molar-refractivity contribution in [1.82, 2.24) is 5.43 Å². The second-order valence-electron chi connectivity index (χ2n) is 12.1. The minimum absolute atomic E-state index is 0.00350. The summed E-state index contributed by atoms with van der Waals surface area (Å²) in [7, 11) is 1.33. The monoisotopic (exact) mass is 661 g/mol. The summed E-state index contributed by atoms with van der Waals surface area (Å²) in [5, 5.41) is 60.2. The third-order valence-electron chi connectivity index (χ3n) is 9.16. The van der Waals surface area contributed by atoms with E-state index < -0.39 is 95.8 Å². The molecule has 6 unspecified atom stereocenters. The highest BCUT2D eigenvalue weighted by Gasteiger charge is 2.49. The van der Waals surface area contributed by atoms with E-state index in [4.69, 9.17) is 19.9 Å². The van der Waals surface area contributed by atoms with Crippen molar-refractivity contribution in [2.75, 3.05) is 13.7 Å². The number of hydrazone groups is 1. The molecule has 48 heavy (non-hydrogen) atoms. The van der Waals surface area contributed by atoms with Crippen LogP contribution in [0.3, 0.4) is 0 Å². The fraction of sp³-hybridized carbons (Fsp3) is 0.353. The summed E-state index contributed by atoms with van der Waals surface area (Å²) in [5.74, 6) is -3.43. The predicted molar refractivity (Wildman–Crippen MR) is 168 cm³/mol. The molecule has 0 aromatic heterocycles. The number of phenols is 2. The van der Waals surface area contributed by atoms with Crippen LogP contribution in [0, 0.1) is 0 Å². The van der Waals surface area contributed by atoms with Crippen molar-refractivity contribution in [2.24, 2.45) is 10.8 Å². The van der Waals surface area contributed by atoms with E-state index >= 15 is 0 Å². The second kappa shape index (κ2) is 12.7. The van der Waals surface area contributed by atoms with Gasteiger partial charge in [0.25, 0.3) is 5.91 Å². The Morgan fingerprint density at radius 3 is 2.44 bits per heavy atom. The van der Waals surface area contributed by atoms with E-state index in [0.717, 1.165) is 0 Å². The number of carbonyl (C=O) groups excluding carboxylic acids is 3. The second-order valence-corrected chi connectivity index (χ2v) is 12.1. The normalized spacial score (nSPS) is 26.7. The number of amides is 1. The first kappa shape index (κ1) is 33.2. The van der Waals surface area contributed by atoms with E-state index in [-0.39, 0.29) is 45.7 Å². The molecule has 3 aliphatic rings. The van der Waals surface area contributed by atoms with Gasteiger partial charge in [-0.25, -0.2) is 5.43 Å². The van der Waals surface area contributed by atoms with Gasteiger partial charge in [-0.2, -0.15) is 5.10 Å². The van der Waals surface area contributed by atoms with Crippen LogP contribution >= 0.6 is 0 Å². The largest absolute Gasteiger partial charge is 0.507 e. The smallest absolute Gasteiger partial charge is 0.271 e. The van der Waals surface area contributed by atoms with E-state index in [9.17, 15) is 39.9 Å². The Bertz CT molecular complexity index is 1820. The number of rotatable bonds is 7. The lowest BCUT2D eigenvalue weighted by Crippen LogP contribution is -2.53. The maximum Gasteiger partial charge on any atom is 0.271 e. The van der Waals surface area contributed by atoms with E-state index in [1.54, 1.807) is 37.3 Å². The zero-order chi connectivity index (χ0) is 34.5. The van der Waals surface area contributed by atoms with Gasteiger partial charge < -0.3 is 45.5 Å². The van der Waals surface area contributed by atoms with Gasteiger partial charge in [0.2, 0.25) is 5.78 Å². The van der Waals surface area contributed by atoms with Crippen LogP contribution in [-0.4, -0.2) is 92.6 Å². The standard InChI is InChI=1S/C34H35N3O11/c1-15-28(39)19(35)11-23(47-15)48-21-13-34(45,22(14-38)36-37-33(44)16-7-4-3-5-8-16)12-18-25(21)32(43)27-26(30(18)41)29(40)17-9-6-10-20(46-2)24(17)31(27)42/h3-10,15,19,21,23,28,38-39,41,43,45H,11-14,35H2,1-2H3,(H,37,44)/b36-22+. The summed E-state index contributed by atoms with van der Waals surface area (Å²) in [5.41, 5.74) is 4.90. The van der Waals surface area contributed by atoms with Crippen LogP contribution in [0.2, 0.25) is 0 Å². The van der Waals surface area contributed by atoms with Crippen molar-refractivity contribution in [3.63, 3.8) is 0 Å². The van der Waals surface area contributed by atoms with Gasteiger partial charge in [0.1, 0.15) is 22.8 Å². The molecule has 0 saturated carbocycles. The van der Waals surface area contributed by atoms with Crippen molar-refractivity contribution in [2.45, 2.75) is 62.4 Å². The first-order valence-electron chi connectivity index (χ1n) is 15.3. The molecule has 1 saturated heterocycles. The lowest BCUT2D eigenvalue weighted by molar-refractivity contribution is -0.245. The summed E-state index contributed by atoms with van der Waals surface area (Å²) >= 11 is 0. The highest BCUT2D eigenvalue weighted by atomic mass is 16.7. The highest BCUT2D eigenvalue weighted by Crippen LogP contribution is 2.52. The zero-order valence-corrected chi connectivity index (χ0v) is 26.0. The Morgan fingerprint density at radius 2 is 1.77 bits per heavy atom. The maximum atomic E-state index is 13.9. The molecule has 8 N–H and O–H groups in total. The molecule has 0 bridgehead atoms. The molecule has 1 heterocycles. The molecule has 1 amide bonds. The van der Waals surface area contributed by atoms with Gasteiger partial charge in [0.05, 0.1) is 54.4 Å². The molecule has 0 spiro atoms. The minimum atomic E-state index is -2.13. The number of nitrogens with zero attached hydrogens (tertiary/aromatic N) is 1. The average molecular weight is 662 g/mol. The number of nitrogens with two attached hydrogens (primary N) is 1. The number of phenolic OH excluding ortho intramolecular Hbond substituents is 2. The van der Waals surface area contributed by atoms with Crippen molar-refractivity contribution >= 4 is 23.2 Å². The Hall–Kier alpha value is -4.70. The van der Waals surface area contributed by atoms with Crippen molar-refractivity contribution in [3.05, 3.63) is 87.5 Å². The molecule has 1 fully saturated rings. The van der Waals surface area contributed by atoms with Gasteiger partial charge >= 0.3 is 0 Å². The number of ketones is 2. The van der Waals surface area contributed by atoms with Crippen molar-refractivity contribution < 1.29 is 54.1 Å². The number of aromatic hydroxyl groups is 2. The summed E-state index contributed by atoms with van der Waals surface area (Å²) in [4.78, 5) is 40.4. The van der Waals surface area contributed by atoms with Crippen LogP contribution < -0.4 is 15.9 Å². The molecule has 1 aliphatic heterocycles. The summed E-state index contributed by atoms with van der Waals surface area (Å²) in [6.07, 6.45) is -5.10. The van der Waals surface area contributed by atoms with Crippen LogP contribution in [0.15, 0.2) is 53.6 Å². The number of benzene rings is 3. The van der Waals surface area contributed by atoms with Crippen molar-refractivity contribution in [3.8, 4) is 17.2 Å². The van der Waals surface area contributed by atoms with E-state index in [1.807, 2.05) is 0 Å². The van der Waals surface area contributed by atoms with E-state index in [0.29, 0.717) is 0 Å². The summed E-state index contributed by atoms with van der Waals surface area (Å²) < 4.78 is 17.4. The number of hydrogen-bond acceptors (Lipinski definition) is 13. The molecule has 0 radical (unpaired) electrons. The van der Waals surface area contributed by atoms with Gasteiger partial charge in [0, 0.05) is 47.6 Å². The number of nitrogens with one attached hydrogen (secondary N) is 1. The Kier molecular flexibility index (Phi) is 8.80. The SMILES string of the molecule is COc1cccc2c1C(=O)c1c(O)c3c(c(O)c1C2=O)CC(O)(/C(CO)=N/NC(=O)c1ccccc1)CC3OC1CC(N)C(O)C(C)O1. The highest BCUT2D eigenvalue weighted by molar-refractivity contribution is 6.31. The first-order valence-corrected chi connectivity index (χ1v) is 15.3. The third-order valence-corrected chi connectivity index (χ3v) is 9.16. The first-order chi connectivity index (χ1) is 22.9. The Labute approximate surface area is 274 Å². The van der Waals surface area contributed by atoms with Crippen LogP contribution in [0.25, 0.3) is 0 Å². The molecule has 252 valence electrons. The van der Waals surface area contributed by atoms with Crippen LogP contribution in [-0.2, 0) is 15.9 Å². The van der Waals surface area contributed by atoms with Gasteiger partial charge in [-0.3, -0.25) is 14.4 Å². The molecule has 2 aliphatic carbocycles. The number of fused-ring (bicyclic) bond motifs is 3. The quantitative estimate of drug-likeness (QED) is 0.0842. The molecule has 6 atom stereocenters. The van der Waals surface area contributed by atoms with Crippen LogP contribution in [0.5, 0.6) is 17.2 Å². The van der Waals surface area contributed by atoms with Gasteiger partial charge in [-0.05, 0) is 25.1 Å². The van der Waals surface area contributed by atoms with Gasteiger partial charge in [-0.1, -0.05) is 30.3 Å². The third kappa shape index (κ3) is 5.51. The Balaban J connectivity index is 1.47. The van der Waals surface area contributed by atoms with Gasteiger partial charge in [-0.15, -0.1) is 0 Å². The minimum Gasteiger partial charge on any atom is -0.507 e. The lowest BCUT2D eigenvalue weighted by atomic mass is 9.71. The zero-order valence-electron chi connectivity index (χ0n) is 26.0. The maximum absolute atomic E-state index is 13.9. The number of aliphatic hydroxyl groups is 3. The van der Waals surface area contributed by atoms with Crippen LogP contribution in [0.1, 0.15) is 79.2 Å². The lowest BCUT2D eigenvalue weighted by Gasteiger charge is -2.43. The molecule has 14 nitrogen and oxygen atoms in total. The molecular formula is C34H35N3O11. The van der Waals surface area contributed by atoms with E-state index in [2.05, 4.69) is 10.5 Å². The fourth-order valence-electron chi connectivity index (χ4n) is 6.67. The predicted octanol–water partition coefficient (Wildman–Crippen LogP) is 1.22. The number of hydrogen-bond donors (Lipinski definition) is 7. The van der Waals surface area contributed by atoms with Crippen molar-refractivity contribution in [1.29, 1.82) is 0 Å². The molecular weight excluding hydrogens is 626 g/mol. The molecule has 6 rings (SSSR count). The molecule has 3 aromatic carbocycles. The number of carbonyl (C=O) groups is 3. The van der Waals surface area contributed by atoms with Gasteiger partial charge in [0.15, 0.2) is 12.1 Å². The average Bonchev–Trinajstić information content (AvgIpc) is 3.07. The Morgan fingerprint density at radius 1 is 1.06 bits per heavy atom. The molecule has 14 heteroatoms. The van der Waals surface area contributed by atoms with E-state index in [1.165, 1.54) is 25.3 Å². The van der Waals surface area contributed by atoms with Crippen LogP contribution in [0.4, 0.5) is 0 Å². The summed E-state index contributed by atoms with van der Waals surface area (Å²) in [6.45, 7) is 0.746. The summed E-state index contributed by atoms with van der Waals surface area (Å²) in [6, 6.07) is 11.7. The number of aliphatic hydroxyl groups excluding tert-OH is 2. The fourth-order valence-corrected chi connectivity index (χ4v) is 6.67.